The largest absolute Gasteiger partial charge is 0.296 e. The van der Waals surface area contributed by atoms with Crippen molar-refractivity contribution in [2.24, 2.45) is 0 Å². The molecular weight excluding hydrogens is 303 g/mol. The SMILES string of the molecule is Cc1c(Cl)cccc1-n1c(CCCl)nc2cccc(C)c21. The Bertz CT molecular complexity index is 806. The second-order valence-corrected chi connectivity index (χ2v) is 5.91. The van der Waals surface area contributed by atoms with Crippen molar-refractivity contribution in [1.29, 1.82) is 0 Å². The Morgan fingerprint density at radius 1 is 1.10 bits per heavy atom. The fourth-order valence-corrected chi connectivity index (χ4v) is 3.03. The number of fused-ring (bicyclic) bond motifs is 1. The van der Waals surface area contributed by atoms with Crippen LogP contribution in [0.1, 0.15) is 17.0 Å². The van der Waals surface area contributed by atoms with Gasteiger partial charge in [0, 0.05) is 17.3 Å². The van der Waals surface area contributed by atoms with E-state index in [-0.39, 0.29) is 0 Å². The summed E-state index contributed by atoms with van der Waals surface area (Å²) in [5.41, 5.74) is 5.44. The first-order valence-corrected chi connectivity index (χ1v) is 7.83. The van der Waals surface area contributed by atoms with Crippen LogP contribution in [-0.4, -0.2) is 15.4 Å². The third kappa shape index (κ3) is 2.43. The van der Waals surface area contributed by atoms with Crippen LogP contribution < -0.4 is 0 Å². The molecule has 21 heavy (non-hydrogen) atoms. The maximum atomic E-state index is 6.29. The topological polar surface area (TPSA) is 17.8 Å². The first-order valence-electron chi connectivity index (χ1n) is 6.92. The molecule has 0 aliphatic carbocycles. The molecule has 3 rings (SSSR count). The number of para-hydroxylation sites is 1. The van der Waals surface area contributed by atoms with Gasteiger partial charge in [0.05, 0.1) is 16.7 Å². The van der Waals surface area contributed by atoms with Gasteiger partial charge in [0.15, 0.2) is 0 Å². The average molecular weight is 319 g/mol. The minimum absolute atomic E-state index is 0.544. The Morgan fingerprint density at radius 3 is 2.62 bits per heavy atom. The summed E-state index contributed by atoms with van der Waals surface area (Å²) in [6.45, 7) is 4.14. The van der Waals surface area contributed by atoms with Crippen LogP contribution >= 0.6 is 23.2 Å². The van der Waals surface area contributed by atoms with E-state index in [0.29, 0.717) is 5.88 Å². The second kappa shape index (κ2) is 5.70. The highest BCUT2D eigenvalue weighted by Crippen LogP contribution is 2.29. The molecule has 2 nitrogen and oxygen atoms in total. The van der Waals surface area contributed by atoms with Crippen molar-refractivity contribution in [3.8, 4) is 5.69 Å². The van der Waals surface area contributed by atoms with E-state index in [1.165, 1.54) is 5.56 Å². The van der Waals surface area contributed by atoms with Crippen molar-refractivity contribution in [3.05, 3.63) is 58.4 Å². The number of imidazole rings is 1. The van der Waals surface area contributed by atoms with E-state index in [4.69, 9.17) is 28.2 Å². The Morgan fingerprint density at radius 2 is 1.86 bits per heavy atom. The molecule has 0 aliphatic heterocycles. The highest BCUT2D eigenvalue weighted by atomic mass is 35.5. The summed E-state index contributed by atoms with van der Waals surface area (Å²) >= 11 is 12.2. The van der Waals surface area contributed by atoms with Gasteiger partial charge >= 0.3 is 0 Å². The monoisotopic (exact) mass is 318 g/mol. The zero-order chi connectivity index (χ0) is 15.0. The smallest absolute Gasteiger partial charge is 0.115 e. The van der Waals surface area contributed by atoms with Gasteiger partial charge in [-0.1, -0.05) is 29.8 Å². The lowest BCUT2D eigenvalue weighted by Crippen LogP contribution is -2.05. The Balaban J connectivity index is 2.39. The maximum Gasteiger partial charge on any atom is 0.115 e. The standard InChI is InChI=1S/C17H16Cl2N2/c1-11-5-3-7-14-17(11)21(16(20-14)9-10-18)15-8-4-6-13(19)12(15)2/h3-8H,9-10H2,1-2H3. The summed E-state index contributed by atoms with van der Waals surface area (Å²) in [5, 5.41) is 0.764. The van der Waals surface area contributed by atoms with E-state index in [2.05, 4.69) is 23.6 Å². The molecule has 0 radical (unpaired) electrons. The van der Waals surface area contributed by atoms with E-state index < -0.39 is 0 Å². The lowest BCUT2D eigenvalue weighted by Gasteiger charge is -2.13. The van der Waals surface area contributed by atoms with Crippen LogP contribution in [0.15, 0.2) is 36.4 Å². The zero-order valence-electron chi connectivity index (χ0n) is 12.0. The van der Waals surface area contributed by atoms with Gasteiger partial charge in [-0.25, -0.2) is 4.98 Å². The van der Waals surface area contributed by atoms with Gasteiger partial charge in [-0.05, 0) is 43.2 Å². The van der Waals surface area contributed by atoms with Crippen molar-refractivity contribution in [2.45, 2.75) is 20.3 Å². The van der Waals surface area contributed by atoms with E-state index >= 15 is 0 Å². The summed E-state index contributed by atoms with van der Waals surface area (Å²) in [7, 11) is 0. The molecule has 0 amide bonds. The van der Waals surface area contributed by atoms with E-state index in [1.54, 1.807) is 0 Å². The number of aromatic nitrogens is 2. The molecule has 2 aromatic carbocycles. The summed E-state index contributed by atoms with van der Waals surface area (Å²) < 4.78 is 2.19. The molecule has 0 N–H and O–H groups in total. The number of benzene rings is 2. The summed E-state index contributed by atoms with van der Waals surface area (Å²) in [5.74, 6) is 1.52. The van der Waals surface area contributed by atoms with Crippen molar-refractivity contribution in [2.75, 3.05) is 5.88 Å². The number of hydrogen-bond acceptors (Lipinski definition) is 1. The van der Waals surface area contributed by atoms with Gasteiger partial charge in [0.2, 0.25) is 0 Å². The molecule has 0 bridgehead atoms. The number of rotatable bonds is 3. The minimum atomic E-state index is 0.544. The minimum Gasteiger partial charge on any atom is -0.296 e. The number of aryl methyl sites for hydroxylation is 2. The molecule has 108 valence electrons. The normalized spacial score (nSPS) is 11.2. The van der Waals surface area contributed by atoms with Gasteiger partial charge in [-0.3, -0.25) is 4.57 Å². The first-order chi connectivity index (χ1) is 10.1. The highest BCUT2D eigenvalue weighted by Gasteiger charge is 2.15. The quantitative estimate of drug-likeness (QED) is 0.616. The molecule has 0 atom stereocenters. The number of halogens is 2. The molecular formula is C17H16Cl2N2. The molecule has 1 heterocycles. The molecule has 0 unspecified atom stereocenters. The lowest BCUT2D eigenvalue weighted by molar-refractivity contribution is 0.905. The molecule has 1 aromatic heterocycles. The second-order valence-electron chi connectivity index (χ2n) is 5.13. The van der Waals surface area contributed by atoms with Gasteiger partial charge in [-0.15, -0.1) is 11.6 Å². The van der Waals surface area contributed by atoms with E-state index in [0.717, 1.165) is 39.6 Å². The van der Waals surface area contributed by atoms with Crippen molar-refractivity contribution in [3.63, 3.8) is 0 Å². The zero-order valence-corrected chi connectivity index (χ0v) is 13.5. The Hall–Kier alpha value is -1.51. The van der Waals surface area contributed by atoms with Gasteiger partial charge in [0.1, 0.15) is 5.82 Å². The number of alkyl halides is 1. The summed E-state index contributed by atoms with van der Waals surface area (Å²) in [6.07, 6.45) is 0.724. The van der Waals surface area contributed by atoms with Crippen LogP contribution in [0.3, 0.4) is 0 Å². The van der Waals surface area contributed by atoms with Crippen molar-refractivity contribution >= 4 is 34.2 Å². The van der Waals surface area contributed by atoms with Crippen LogP contribution in [0.25, 0.3) is 16.7 Å². The number of hydrogen-bond donors (Lipinski definition) is 0. The van der Waals surface area contributed by atoms with Crippen molar-refractivity contribution < 1.29 is 0 Å². The van der Waals surface area contributed by atoms with Crippen LogP contribution in [0.2, 0.25) is 5.02 Å². The summed E-state index contributed by atoms with van der Waals surface area (Å²) in [4.78, 5) is 4.75. The van der Waals surface area contributed by atoms with Crippen LogP contribution in [0.5, 0.6) is 0 Å². The predicted octanol–water partition coefficient (Wildman–Crippen LogP) is 5.08. The predicted molar refractivity (Wildman–Crippen MR) is 90.0 cm³/mol. The third-order valence-corrected chi connectivity index (χ3v) is 4.34. The lowest BCUT2D eigenvalue weighted by atomic mass is 10.1. The molecule has 0 fully saturated rings. The first kappa shape index (κ1) is 14.4. The van der Waals surface area contributed by atoms with Crippen LogP contribution in [0.4, 0.5) is 0 Å². The molecule has 0 spiro atoms. The average Bonchev–Trinajstić information content (AvgIpc) is 2.82. The van der Waals surface area contributed by atoms with Crippen LogP contribution in [-0.2, 0) is 6.42 Å². The van der Waals surface area contributed by atoms with E-state index in [9.17, 15) is 0 Å². The highest BCUT2D eigenvalue weighted by molar-refractivity contribution is 6.31. The fourth-order valence-electron chi connectivity index (χ4n) is 2.69. The number of nitrogens with zero attached hydrogens (tertiary/aromatic N) is 2. The molecule has 4 heteroatoms. The van der Waals surface area contributed by atoms with Crippen LogP contribution in [0, 0.1) is 13.8 Å². The molecule has 0 aliphatic rings. The molecule has 0 saturated heterocycles. The summed E-state index contributed by atoms with van der Waals surface area (Å²) in [6, 6.07) is 12.1. The fraction of sp³-hybridized carbons (Fsp3) is 0.235. The van der Waals surface area contributed by atoms with Gasteiger partial charge in [-0.2, -0.15) is 0 Å². The molecule has 3 aromatic rings. The third-order valence-electron chi connectivity index (χ3n) is 3.75. The van der Waals surface area contributed by atoms with Gasteiger partial charge < -0.3 is 0 Å². The maximum absolute atomic E-state index is 6.29. The Labute approximate surface area is 134 Å². The van der Waals surface area contributed by atoms with Gasteiger partial charge in [0.25, 0.3) is 0 Å². The molecule has 0 saturated carbocycles. The van der Waals surface area contributed by atoms with E-state index in [1.807, 2.05) is 31.2 Å². The van der Waals surface area contributed by atoms with Crippen molar-refractivity contribution in [1.82, 2.24) is 9.55 Å². The Kier molecular flexibility index (Phi) is 3.92.